The van der Waals surface area contributed by atoms with Gasteiger partial charge in [-0.25, -0.2) is 27.8 Å². The highest BCUT2D eigenvalue weighted by atomic mass is 35.5. The molecule has 0 atom stereocenters. The number of fused-ring (bicyclic) bond motifs is 1. The van der Waals surface area contributed by atoms with Crippen LogP contribution in [0.4, 0.5) is 16.0 Å². The van der Waals surface area contributed by atoms with Crippen molar-refractivity contribution in [2.24, 2.45) is 0 Å². The Labute approximate surface area is 188 Å². The summed E-state index contributed by atoms with van der Waals surface area (Å²) in [5.41, 5.74) is 1.21. The fraction of sp³-hybridized carbons (Fsp3) is 0.0952. The zero-order chi connectivity index (χ0) is 22.9. The molecule has 4 rings (SSSR count). The van der Waals surface area contributed by atoms with Crippen molar-refractivity contribution < 1.29 is 17.5 Å². The third-order valence-corrected chi connectivity index (χ3v) is 6.19. The Balaban J connectivity index is 1.73. The van der Waals surface area contributed by atoms with Crippen molar-refractivity contribution >= 4 is 44.2 Å². The van der Waals surface area contributed by atoms with E-state index in [1.165, 1.54) is 25.4 Å². The molecule has 11 heteroatoms. The van der Waals surface area contributed by atoms with Crippen LogP contribution in [0.1, 0.15) is 0 Å². The summed E-state index contributed by atoms with van der Waals surface area (Å²) in [5, 5.41) is 3.67. The minimum Gasteiger partial charge on any atom is -0.480 e. The molecule has 0 amide bonds. The average Bonchev–Trinajstić information content (AvgIpc) is 2.79. The smallest absolute Gasteiger partial charge is 0.267 e. The van der Waals surface area contributed by atoms with E-state index in [0.29, 0.717) is 22.4 Å². The second-order valence-electron chi connectivity index (χ2n) is 6.65. The molecule has 2 heterocycles. The van der Waals surface area contributed by atoms with Gasteiger partial charge in [0.2, 0.25) is 11.8 Å². The highest BCUT2D eigenvalue weighted by molar-refractivity contribution is 7.92. The van der Waals surface area contributed by atoms with Gasteiger partial charge in [-0.15, -0.1) is 0 Å². The number of aromatic nitrogens is 3. The van der Waals surface area contributed by atoms with Crippen LogP contribution in [0.5, 0.6) is 5.88 Å². The van der Waals surface area contributed by atoms with Crippen molar-refractivity contribution in [1.29, 1.82) is 0 Å². The summed E-state index contributed by atoms with van der Waals surface area (Å²) in [6.07, 6.45) is 2.88. The van der Waals surface area contributed by atoms with Crippen molar-refractivity contribution in [2.45, 2.75) is 4.90 Å². The van der Waals surface area contributed by atoms with Gasteiger partial charge in [0.25, 0.3) is 10.0 Å². The number of benzene rings is 2. The van der Waals surface area contributed by atoms with Crippen LogP contribution in [-0.2, 0) is 10.0 Å². The molecular weight excluding hydrogens is 457 g/mol. The first-order chi connectivity index (χ1) is 15.3. The highest BCUT2D eigenvalue weighted by Crippen LogP contribution is 2.32. The van der Waals surface area contributed by atoms with E-state index in [0.717, 1.165) is 0 Å². The maximum atomic E-state index is 15.3. The Morgan fingerprint density at radius 3 is 2.66 bits per heavy atom. The summed E-state index contributed by atoms with van der Waals surface area (Å²) < 4.78 is 48.4. The first kappa shape index (κ1) is 21.7. The molecule has 8 nitrogen and oxygen atoms in total. The molecule has 0 bridgehead atoms. The normalized spacial score (nSPS) is 11.4. The second-order valence-corrected chi connectivity index (χ2v) is 8.74. The number of rotatable bonds is 6. The summed E-state index contributed by atoms with van der Waals surface area (Å²) in [4.78, 5) is 12.1. The topological polar surface area (TPSA) is 106 Å². The van der Waals surface area contributed by atoms with Gasteiger partial charge in [0.15, 0.2) is 10.7 Å². The summed E-state index contributed by atoms with van der Waals surface area (Å²) in [7, 11) is -1.24. The number of nitrogens with one attached hydrogen (secondary N) is 2. The van der Waals surface area contributed by atoms with Crippen LogP contribution in [0.25, 0.3) is 22.0 Å². The number of sulfonamides is 1. The van der Waals surface area contributed by atoms with Gasteiger partial charge < -0.3 is 10.1 Å². The first-order valence-corrected chi connectivity index (χ1v) is 11.1. The van der Waals surface area contributed by atoms with Crippen molar-refractivity contribution in [1.82, 2.24) is 15.0 Å². The van der Waals surface area contributed by atoms with Crippen LogP contribution in [0, 0.1) is 5.82 Å². The van der Waals surface area contributed by atoms with Gasteiger partial charge in [0, 0.05) is 30.4 Å². The maximum Gasteiger partial charge on any atom is 0.267 e. The number of hydrogen-bond donors (Lipinski definition) is 2. The molecule has 0 saturated heterocycles. The van der Waals surface area contributed by atoms with Gasteiger partial charge in [0.1, 0.15) is 0 Å². The number of hydrogen-bond acceptors (Lipinski definition) is 7. The molecule has 2 aromatic heterocycles. The Bertz CT molecular complexity index is 1430. The zero-order valence-corrected chi connectivity index (χ0v) is 18.5. The predicted molar refractivity (Wildman–Crippen MR) is 121 cm³/mol. The lowest BCUT2D eigenvalue weighted by Crippen LogP contribution is -2.16. The Hall–Kier alpha value is -3.50. The van der Waals surface area contributed by atoms with Crippen LogP contribution in [0.3, 0.4) is 0 Å². The minimum absolute atomic E-state index is 0.0974. The molecule has 0 radical (unpaired) electrons. The van der Waals surface area contributed by atoms with Gasteiger partial charge in [-0.05, 0) is 29.8 Å². The Kier molecular flexibility index (Phi) is 5.81. The predicted octanol–water partition coefficient (Wildman–Crippen LogP) is 4.34. The van der Waals surface area contributed by atoms with E-state index in [4.69, 9.17) is 16.3 Å². The summed E-state index contributed by atoms with van der Waals surface area (Å²) in [5.74, 6) is -0.426. The van der Waals surface area contributed by atoms with Crippen LogP contribution in [-0.4, -0.2) is 37.5 Å². The van der Waals surface area contributed by atoms with E-state index >= 15 is 4.39 Å². The van der Waals surface area contributed by atoms with Crippen molar-refractivity contribution in [3.05, 3.63) is 65.7 Å². The molecule has 0 spiro atoms. The van der Waals surface area contributed by atoms with E-state index in [1.54, 1.807) is 43.6 Å². The highest BCUT2D eigenvalue weighted by Gasteiger charge is 2.23. The zero-order valence-electron chi connectivity index (χ0n) is 16.9. The van der Waals surface area contributed by atoms with E-state index in [2.05, 4.69) is 25.0 Å². The number of pyridine rings is 1. The van der Waals surface area contributed by atoms with Gasteiger partial charge >= 0.3 is 0 Å². The lowest BCUT2D eigenvalue weighted by atomic mass is 10.0. The third kappa shape index (κ3) is 4.14. The second kappa shape index (κ2) is 8.56. The van der Waals surface area contributed by atoms with Gasteiger partial charge in [-0.3, -0.25) is 4.72 Å². The molecule has 0 aliphatic carbocycles. The monoisotopic (exact) mass is 473 g/mol. The molecule has 164 valence electrons. The number of ether oxygens (including phenoxy) is 1. The minimum atomic E-state index is -4.23. The SMILES string of the molecule is CNc1ncc2cc(-c3cccc(NS(=O)(=O)c4cc(Cl)cnc4OC)c3F)ccc2n1. The molecule has 4 aromatic rings. The summed E-state index contributed by atoms with van der Waals surface area (Å²) in [6.45, 7) is 0. The van der Waals surface area contributed by atoms with Crippen molar-refractivity contribution in [3.63, 3.8) is 0 Å². The van der Waals surface area contributed by atoms with Gasteiger partial charge in [0.05, 0.1) is 23.3 Å². The fourth-order valence-corrected chi connectivity index (χ4v) is 4.54. The van der Waals surface area contributed by atoms with Crippen LogP contribution in [0.2, 0.25) is 5.02 Å². The van der Waals surface area contributed by atoms with Crippen LogP contribution >= 0.6 is 11.6 Å². The Morgan fingerprint density at radius 1 is 1.09 bits per heavy atom. The molecule has 2 aromatic carbocycles. The molecule has 0 aliphatic heterocycles. The third-order valence-electron chi connectivity index (χ3n) is 4.63. The number of halogens is 2. The van der Waals surface area contributed by atoms with Crippen molar-refractivity contribution in [2.75, 3.05) is 24.2 Å². The molecule has 0 aliphatic rings. The van der Waals surface area contributed by atoms with Gasteiger partial charge in [-0.2, -0.15) is 0 Å². The molecular formula is C21H17ClFN5O3S. The molecule has 2 N–H and O–H groups in total. The number of methoxy groups -OCH3 is 1. The maximum absolute atomic E-state index is 15.3. The largest absolute Gasteiger partial charge is 0.480 e. The molecule has 0 saturated carbocycles. The lowest BCUT2D eigenvalue weighted by molar-refractivity contribution is 0.385. The van der Waals surface area contributed by atoms with E-state index in [1.807, 2.05) is 0 Å². The van der Waals surface area contributed by atoms with Crippen LogP contribution < -0.4 is 14.8 Å². The molecule has 32 heavy (non-hydrogen) atoms. The summed E-state index contributed by atoms with van der Waals surface area (Å²) in [6, 6.07) is 10.8. The Morgan fingerprint density at radius 2 is 1.91 bits per heavy atom. The van der Waals surface area contributed by atoms with Gasteiger partial charge in [-0.1, -0.05) is 29.8 Å². The summed E-state index contributed by atoms with van der Waals surface area (Å²) >= 11 is 5.89. The van der Waals surface area contributed by atoms with Crippen LogP contribution in [0.15, 0.2) is 59.8 Å². The number of anilines is 2. The average molecular weight is 474 g/mol. The quantitative estimate of drug-likeness (QED) is 0.429. The van der Waals surface area contributed by atoms with E-state index < -0.39 is 15.8 Å². The number of nitrogens with zero attached hydrogens (tertiary/aromatic N) is 3. The van der Waals surface area contributed by atoms with E-state index in [-0.39, 0.29) is 27.0 Å². The van der Waals surface area contributed by atoms with Crippen molar-refractivity contribution in [3.8, 4) is 17.0 Å². The fourth-order valence-electron chi connectivity index (χ4n) is 3.11. The molecule has 0 fully saturated rings. The van der Waals surface area contributed by atoms with E-state index in [9.17, 15) is 8.42 Å². The lowest BCUT2D eigenvalue weighted by Gasteiger charge is -2.13. The standard InChI is InChI=1S/C21H17ClFN5O3S/c1-24-21-26-10-13-8-12(6-7-16(13)27-21)15-4-3-5-17(19(15)23)28-32(29,30)18-9-14(22)11-25-20(18)31-2/h3-11,28H,1-2H3,(H,24,26,27). The first-order valence-electron chi connectivity index (χ1n) is 9.28. The molecule has 0 unspecified atom stereocenters.